The topological polar surface area (TPSA) is 192 Å². The number of aliphatic hydroxyl groups is 2. The van der Waals surface area contributed by atoms with Crippen LogP contribution in [0.25, 0.3) is 0 Å². The fraction of sp³-hybridized carbons (Fsp3) is 0.756. The first-order chi connectivity index (χ1) is 28.0. The SMILES string of the molecule is CCCCCCCC/C=C\C/C=C\C/C=C\CCCC(=O)OC[C@H](COP(=O)(O)OCCN)OC(=O)CCCCCC[C@H]1C(=O)C[C@@H](O)[C@@H]1/C=C/[C@@H](O)CCCCC. The van der Waals surface area contributed by atoms with Crippen molar-refractivity contribution >= 4 is 25.5 Å². The molecular formula is C45H78NO11P. The van der Waals surface area contributed by atoms with E-state index < -0.39 is 44.7 Å². The van der Waals surface area contributed by atoms with E-state index in [9.17, 15) is 34.1 Å². The molecule has 0 heterocycles. The summed E-state index contributed by atoms with van der Waals surface area (Å²) in [6.45, 7) is 3.28. The lowest BCUT2D eigenvalue weighted by atomic mass is 9.88. The molecule has 1 unspecified atom stereocenters. The van der Waals surface area contributed by atoms with Crippen LogP contribution >= 0.6 is 7.82 Å². The maximum atomic E-state index is 12.7. The summed E-state index contributed by atoms with van der Waals surface area (Å²) in [5.74, 6) is -1.62. The van der Waals surface area contributed by atoms with E-state index in [0.29, 0.717) is 38.5 Å². The summed E-state index contributed by atoms with van der Waals surface area (Å²) in [6, 6.07) is 0. The minimum atomic E-state index is -4.46. The number of carbonyl (C=O) groups is 3. The molecule has 0 radical (unpaired) electrons. The van der Waals surface area contributed by atoms with Gasteiger partial charge in [0.25, 0.3) is 0 Å². The second-order valence-corrected chi connectivity index (χ2v) is 16.8. The Morgan fingerprint density at radius 3 is 2.10 bits per heavy atom. The lowest BCUT2D eigenvalue weighted by Gasteiger charge is -2.20. The molecule has 5 N–H and O–H groups in total. The Balaban J connectivity index is 2.41. The van der Waals surface area contributed by atoms with Gasteiger partial charge in [-0.3, -0.25) is 23.4 Å². The van der Waals surface area contributed by atoms with Gasteiger partial charge in [0.1, 0.15) is 12.4 Å². The highest BCUT2D eigenvalue weighted by atomic mass is 31.2. The maximum Gasteiger partial charge on any atom is 0.472 e. The summed E-state index contributed by atoms with van der Waals surface area (Å²) >= 11 is 0. The molecule has 0 bridgehead atoms. The number of allylic oxidation sites excluding steroid dienone is 6. The first-order valence-corrected chi connectivity index (χ1v) is 23.7. The first kappa shape index (κ1) is 53.6. The van der Waals surface area contributed by atoms with Crippen molar-refractivity contribution in [3.05, 3.63) is 48.6 Å². The number of hydrogen-bond acceptors (Lipinski definition) is 11. The monoisotopic (exact) mass is 840 g/mol. The molecule has 1 aliphatic carbocycles. The Labute approximate surface area is 349 Å². The molecule has 0 saturated heterocycles. The number of unbranched alkanes of at least 4 members (excludes halogenated alkanes) is 12. The van der Waals surface area contributed by atoms with Crippen LogP contribution in [0.4, 0.5) is 0 Å². The molecule has 1 rings (SSSR count). The molecule has 13 heteroatoms. The highest BCUT2D eigenvalue weighted by Crippen LogP contribution is 2.43. The number of Topliss-reactive ketones (excluding diaryl/α,β-unsaturated/α-hetero) is 1. The fourth-order valence-corrected chi connectivity index (χ4v) is 7.49. The molecule has 0 amide bonds. The van der Waals surface area contributed by atoms with Gasteiger partial charge in [-0.2, -0.15) is 0 Å². The molecule has 12 nitrogen and oxygen atoms in total. The predicted molar refractivity (Wildman–Crippen MR) is 230 cm³/mol. The number of aliphatic hydroxyl groups excluding tert-OH is 2. The third-order valence-electron chi connectivity index (χ3n) is 10.1. The van der Waals surface area contributed by atoms with Gasteiger partial charge in [0.15, 0.2) is 6.10 Å². The van der Waals surface area contributed by atoms with Crippen molar-refractivity contribution in [2.24, 2.45) is 17.6 Å². The van der Waals surface area contributed by atoms with E-state index in [-0.39, 0.29) is 56.6 Å². The van der Waals surface area contributed by atoms with Crippen molar-refractivity contribution in [2.75, 3.05) is 26.4 Å². The summed E-state index contributed by atoms with van der Waals surface area (Å²) in [4.78, 5) is 47.6. The van der Waals surface area contributed by atoms with Gasteiger partial charge in [0, 0.05) is 37.6 Å². The highest BCUT2D eigenvalue weighted by Gasteiger charge is 2.39. The van der Waals surface area contributed by atoms with Crippen molar-refractivity contribution in [2.45, 2.75) is 180 Å². The van der Waals surface area contributed by atoms with Crippen LogP contribution in [0.2, 0.25) is 0 Å². The molecule has 0 aromatic rings. The second-order valence-electron chi connectivity index (χ2n) is 15.3. The van der Waals surface area contributed by atoms with Gasteiger partial charge in [-0.25, -0.2) is 4.57 Å². The maximum absolute atomic E-state index is 12.7. The van der Waals surface area contributed by atoms with E-state index in [1.807, 2.05) is 6.08 Å². The number of ether oxygens (including phenoxy) is 2. The zero-order valence-corrected chi connectivity index (χ0v) is 36.6. The van der Waals surface area contributed by atoms with Crippen molar-refractivity contribution in [1.29, 1.82) is 0 Å². The Hall–Kier alpha value is -2.44. The smallest absolute Gasteiger partial charge is 0.462 e. The van der Waals surface area contributed by atoms with Crippen LogP contribution in [-0.4, -0.2) is 77.5 Å². The van der Waals surface area contributed by atoms with Gasteiger partial charge in [0.05, 0.1) is 25.4 Å². The molecule has 334 valence electrons. The second kappa shape index (κ2) is 35.3. The van der Waals surface area contributed by atoms with E-state index in [1.165, 1.54) is 38.5 Å². The number of rotatable bonds is 37. The first-order valence-electron chi connectivity index (χ1n) is 22.2. The van der Waals surface area contributed by atoms with Crippen molar-refractivity contribution in [3.63, 3.8) is 0 Å². The minimum absolute atomic E-state index is 0.00665. The summed E-state index contributed by atoms with van der Waals surface area (Å²) in [5, 5.41) is 20.7. The summed E-state index contributed by atoms with van der Waals surface area (Å²) in [6.07, 6.45) is 33.4. The largest absolute Gasteiger partial charge is 0.472 e. The lowest BCUT2D eigenvalue weighted by molar-refractivity contribution is -0.161. The summed E-state index contributed by atoms with van der Waals surface area (Å²) < 4.78 is 32.7. The molecule has 0 aromatic heterocycles. The molecule has 58 heavy (non-hydrogen) atoms. The summed E-state index contributed by atoms with van der Waals surface area (Å²) in [7, 11) is -4.46. The predicted octanol–water partition coefficient (Wildman–Crippen LogP) is 9.31. The molecule has 0 spiro atoms. The van der Waals surface area contributed by atoms with Gasteiger partial charge in [0.2, 0.25) is 0 Å². The molecule has 1 saturated carbocycles. The van der Waals surface area contributed by atoms with Gasteiger partial charge < -0.3 is 30.3 Å². The van der Waals surface area contributed by atoms with E-state index >= 15 is 0 Å². The van der Waals surface area contributed by atoms with Crippen molar-refractivity contribution < 1.29 is 52.6 Å². The zero-order chi connectivity index (χ0) is 42.7. The minimum Gasteiger partial charge on any atom is -0.462 e. The molecule has 0 aromatic carbocycles. The number of nitrogens with two attached hydrogens (primary N) is 1. The normalized spacial score (nSPS) is 19.5. The fourth-order valence-electron chi connectivity index (χ4n) is 6.72. The zero-order valence-electron chi connectivity index (χ0n) is 35.7. The average molecular weight is 840 g/mol. The Bertz CT molecular complexity index is 1250. The van der Waals surface area contributed by atoms with Crippen LogP contribution in [0, 0.1) is 11.8 Å². The van der Waals surface area contributed by atoms with E-state index in [2.05, 4.69) is 44.2 Å². The standard InChI is InChI=1S/C45H78NO11P/c1-3-5-7-8-9-10-11-12-13-14-15-16-17-18-19-20-25-29-44(50)54-36-39(37-56-58(52,53)55-34-33-46)57-45(51)30-26-22-21-24-28-40-41(43(49)35-42(40)48)32-31-38(47)27-23-6-4-2/h12-13,15-16,18-19,31-32,38-41,43,47,49H,3-11,14,17,20-30,33-37,46H2,1-2H3,(H,52,53)/b13-12-,16-15-,19-18-,32-31+/t38-,39+,40+,41+,43+/m0/s1. The number of phosphoric acid groups is 1. The van der Waals surface area contributed by atoms with Crippen LogP contribution in [-0.2, 0) is 37.5 Å². The van der Waals surface area contributed by atoms with Crippen LogP contribution in [0.1, 0.15) is 162 Å². The van der Waals surface area contributed by atoms with E-state index in [1.54, 1.807) is 12.2 Å². The van der Waals surface area contributed by atoms with Gasteiger partial charge in [-0.1, -0.05) is 133 Å². The van der Waals surface area contributed by atoms with E-state index in [4.69, 9.17) is 24.3 Å². The number of hydrogen-bond donors (Lipinski definition) is 4. The molecular weight excluding hydrogens is 761 g/mol. The Morgan fingerprint density at radius 2 is 1.40 bits per heavy atom. The molecule has 0 aliphatic heterocycles. The third-order valence-corrected chi connectivity index (χ3v) is 11.1. The molecule has 1 aliphatic rings. The highest BCUT2D eigenvalue weighted by molar-refractivity contribution is 7.47. The van der Waals surface area contributed by atoms with Crippen molar-refractivity contribution in [3.8, 4) is 0 Å². The number of carbonyl (C=O) groups excluding carboxylic acids is 3. The van der Waals surface area contributed by atoms with Crippen LogP contribution < -0.4 is 5.73 Å². The summed E-state index contributed by atoms with van der Waals surface area (Å²) in [5.41, 5.74) is 5.34. The van der Waals surface area contributed by atoms with Crippen molar-refractivity contribution in [1.82, 2.24) is 0 Å². The number of phosphoric ester groups is 1. The number of ketones is 1. The lowest BCUT2D eigenvalue weighted by Crippen LogP contribution is -2.29. The Morgan fingerprint density at radius 1 is 0.793 bits per heavy atom. The quantitative estimate of drug-likeness (QED) is 0.0201. The molecule has 6 atom stereocenters. The van der Waals surface area contributed by atoms with Crippen LogP contribution in [0.3, 0.4) is 0 Å². The molecule has 1 fully saturated rings. The van der Waals surface area contributed by atoms with Gasteiger partial charge in [-0.15, -0.1) is 0 Å². The number of esters is 2. The van der Waals surface area contributed by atoms with Gasteiger partial charge in [-0.05, 0) is 57.8 Å². The van der Waals surface area contributed by atoms with Crippen LogP contribution in [0.5, 0.6) is 0 Å². The third kappa shape index (κ3) is 28.9. The van der Waals surface area contributed by atoms with Gasteiger partial charge >= 0.3 is 19.8 Å². The van der Waals surface area contributed by atoms with Crippen LogP contribution in [0.15, 0.2) is 48.6 Å². The van der Waals surface area contributed by atoms with E-state index in [0.717, 1.165) is 51.4 Å². The Kier molecular flexibility index (Phi) is 32.6. The average Bonchev–Trinajstić information content (AvgIpc) is 3.47.